The van der Waals surface area contributed by atoms with Crippen LogP contribution in [0.2, 0.25) is 0 Å². The van der Waals surface area contributed by atoms with Crippen molar-refractivity contribution in [2.24, 2.45) is 0 Å². The second-order valence-electron chi connectivity index (χ2n) is 9.88. The largest absolute Gasteiger partial charge is 0.355 e. The summed E-state index contributed by atoms with van der Waals surface area (Å²) in [7, 11) is 0. The van der Waals surface area contributed by atoms with Crippen molar-refractivity contribution in [3.63, 3.8) is 0 Å². The average molecular weight is 468 g/mol. The van der Waals surface area contributed by atoms with Crippen molar-refractivity contribution >= 4 is 42.9 Å². The monoisotopic (exact) mass is 467 g/mol. The lowest BCUT2D eigenvalue weighted by Gasteiger charge is -2.25. The van der Waals surface area contributed by atoms with Gasteiger partial charge in [-0.25, -0.2) is 0 Å². The zero-order chi connectivity index (χ0) is 23.6. The first-order chi connectivity index (χ1) is 17.1. The van der Waals surface area contributed by atoms with E-state index in [1.165, 1.54) is 59.2 Å². The van der Waals surface area contributed by atoms with Crippen LogP contribution in [-0.4, -0.2) is 0 Å². The van der Waals surface area contributed by atoms with Crippen LogP contribution < -0.4 is 5.32 Å². The van der Waals surface area contributed by atoms with Crippen LogP contribution >= 0.6 is 11.3 Å². The van der Waals surface area contributed by atoms with Gasteiger partial charge in [-0.05, 0) is 52.1 Å². The van der Waals surface area contributed by atoms with Gasteiger partial charge < -0.3 is 5.32 Å². The maximum absolute atomic E-state index is 3.84. The molecule has 1 aromatic heterocycles. The first kappa shape index (κ1) is 20.5. The Balaban J connectivity index is 1.34. The average Bonchev–Trinajstić information content (AvgIpc) is 3.37. The van der Waals surface area contributed by atoms with E-state index in [0.29, 0.717) is 0 Å². The normalized spacial score (nSPS) is 13.7. The van der Waals surface area contributed by atoms with Crippen LogP contribution in [-0.2, 0) is 5.41 Å². The summed E-state index contributed by atoms with van der Waals surface area (Å²) in [4.78, 5) is 0. The van der Waals surface area contributed by atoms with Crippen LogP contribution in [0.15, 0.2) is 109 Å². The third-order valence-corrected chi connectivity index (χ3v) is 8.60. The first-order valence-corrected chi connectivity index (χ1v) is 12.9. The van der Waals surface area contributed by atoms with E-state index in [9.17, 15) is 0 Å². The Bertz CT molecular complexity index is 1750. The van der Waals surface area contributed by atoms with Crippen molar-refractivity contribution in [2.45, 2.75) is 19.3 Å². The standard InChI is InChI=1S/C33H25NS/c1-33(2)27-14-6-3-11-23(27)26-13-9-16-29(32(26)33)34-28-15-7-4-10-22(28)21-18-19-25-24-12-5-8-17-30(24)35-31(25)20-21/h3-20,34H,1-2H3. The van der Waals surface area contributed by atoms with Crippen molar-refractivity contribution in [2.75, 3.05) is 5.32 Å². The number of benzene rings is 5. The van der Waals surface area contributed by atoms with E-state index in [0.717, 1.165) is 5.69 Å². The molecule has 0 unspecified atom stereocenters. The molecular formula is C33H25NS. The highest BCUT2D eigenvalue weighted by Crippen LogP contribution is 2.52. The van der Waals surface area contributed by atoms with Gasteiger partial charge in [-0.1, -0.05) is 98.8 Å². The molecule has 1 N–H and O–H groups in total. The Morgan fingerprint density at radius 1 is 0.571 bits per heavy atom. The fourth-order valence-electron chi connectivity index (χ4n) is 5.83. The molecule has 6 aromatic rings. The summed E-state index contributed by atoms with van der Waals surface area (Å²) in [6, 6.07) is 39.7. The fourth-order valence-corrected chi connectivity index (χ4v) is 6.98. The topological polar surface area (TPSA) is 12.0 Å². The summed E-state index contributed by atoms with van der Waals surface area (Å²) in [5, 5.41) is 6.51. The van der Waals surface area contributed by atoms with Gasteiger partial charge in [-0.3, -0.25) is 0 Å². The predicted molar refractivity (Wildman–Crippen MR) is 152 cm³/mol. The minimum absolute atomic E-state index is 0.0551. The van der Waals surface area contributed by atoms with E-state index < -0.39 is 0 Å². The fraction of sp³-hybridized carbons (Fsp3) is 0.0909. The number of nitrogens with one attached hydrogen (secondary N) is 1. The third kappa shape index (κ3) is 3.07. The number of hydrogen-bond donors (Lipinski definition) is 1. The molecule has 0 amide bonds. The molecule has 2 heteroatoms. The highest BCUT2D eigenvalue weighted by molar-refractivity contribution is 7.25. The molecule has 0 spiro atoms. The Morgan fingerprint density at radius 2 is 1.26 bits per heavy atom. The number of rotatable bonds is 3. The zero-order valence-corrected chi connectivity index (χ0v) is 20.6. The van der Waals surface area contributed by atoms with E-state index in [1.807, 2.05) is 11.3 Å². The summed E-state index contributed by atoms with van der Waals surface area (Å²) in [6.07, 6.45) is 0. The molecule has 5 aromatic carbocycles. The van der Waals surface area contributed by atoms with Crippen molar-refractivity contribution in [1.29, 1.82) is 0 Å². The highest BCUT2D eigenvalue weighted by Gasteiger charge is 2.37. The van der Waals surface area contributed by atoms with Crippen LogP contribution in [0.4, 0.5) is 11.4 Å². The third-order valence-electron chi connectivity index (χ3n) is 7.47. The summed E-state index contributed by atoms with van der Waals surface area (Å²) < 4.78 is 2.67. The van der Waals surface area contributed by atoms with E-state index >= 15 is 0 Å². The van der Waals surface area contributed by atoms with Gasteiger partial charge in [-0.15, -0.1) is 11.3 Å². The Morgan fingerprint density at radius 3 is 2.17 bits per heavy atom. The quantitative estimate of drug-likeness (QED) is 0.273. The molecule has 7 rings (SSSR count). The molecule has 168 valence electrons. The van der Waals surface area contributed by atoms with Gasteiger partial charge in [0.1, 0.15) is 0 Å². The molecule has 1 aliphatic carbocycles. The molecular weight excluding hydrogens is 442 g/mol. The van der Waals surface area contributed by atoms with E-state index in [4.69, 9.17) is 0 Å². The summed E-state index contributed by atoms with van der Waals surface area (Å²) >= 11 is 1.87. The second kappa shape index (κ2) is 7.56. The lowest BCUT2D eigenvalue weighted by atomic mass is 9.81. The molecule has 0 saturated carbocycles. The lowest BCUT2D eigenvalue weighted by Crippen LogP contribution is -2.16. The Hall–Kier alpha value is -3.88. The van der Waals surface area contributed by atoms with E-state index in [1.54, 1.807) is 0 Å². The number of hydrogen-bond acceptors (Lipinski definition) is 2. The molecule has 1 heterocycles. The Kier molecular flexibility index (Phi) is 4.43. The summed E-state index contributed by atoms with van der Waals surface area (Å²) in [5.41, 5.74) is 10.2. The van der Waals surface area contributed by atoms with Crippen LogP contribution in [0.25, 0.3) is 42.4 Å². The molecule has 0 fully saturated rings. The van der Waals surface area contributed by atoms with Crippen LogP contribution in [0.1, 0.15) is 25.0 Å². The van der Waals surface area contributed by atoms with Crippen LogP contribution in [0.5, 0.6) is 0 Å². The summed E-state index contributed by atoms with van der Waals surface area (Å²) in [5.74, 6) is 0. The van der Waals surface area contributed by atoms with Crippen LogP contribution in [0.3, 0.4) is 0 Å². The van der Waals surface area contributed by atoms with Gasteiger partial charge in [0.15, 0.2) is 0 Å². The zero-order valence-electron chi connectivity index (χ0n) is 19.8. The maximum Gasteiger partial charge on any atom is 0.0463 e. The maximum atomic E-state index is 3.84. The van der Waals surface area contributed by atoms with E-state index in [-0.39, 0.29) is 5.41 Å². The summed E-state index contributed by atoms with van der Waals surface area (Å²) in [6.45, 7) is 4.67. The van der Waals surface area contributed by atoms with Crippen molar-refractivity contribution in [1.82, 2.24) is 0 Å². The van der Waals surface area contributed by atoms with Gasteiger partial charge in [-0.2, -0.15) is 0 Å². The van der Waals surface area contributed by atoms with Gasteiger partial charge in [0.05, 0.1) is 0 Å². The molecule has 0 saturated heterocycles. The van der Waals surface area contributed by atoms with Crippen molar-refractivity contribution in [3.8, 4) is 22.3 Å². The number of para-hydroxylation sites is 1. The molecule has 1 aliphatic rings. The first-order valence-electron chi connectivity index (χ1n) is 12.1. The SMILES string of the molecule is CC1(C)c2ccccc2-c2cccc(Nc3ccccc3-c3ccc4c(c3)sc3ccccc34)c21. The molecule has 1 nitrogen and oxygen atoms in total. The second-order valence-corrected chi connectivity index (χ2v) is 11.0. The van der Waals surface area contributed by atoms with Gasteiger partial charge >= 0.3 is 0 Å². The molecule has 0 bridgehead atoms. The molecule has 0 atom stereocenters. The van der Waals surface area contributed by atoms with Crippen molar-refractivity contribution < 1.29 is 0 Å². The molecule has 0 radical (unpaired) electrons. The molecule has 0 aliphatic heterocycles. The minimum atomic E-state index is -0.0551. The number of fused-ring (bicyclic) bond motifs is 6. The van der Waals surface area contributed by atoms with Gasteiger partial charge in [0.25, 0.3) is 0 Å². The van der Waals surface area contributed by atoms with Gasteiger partial charge in [0.2, 0.25) is 0 Å². The highest BCUT2D eigenvalue weighted by atomic mass is 32.1. The smallest absolute Gasteiger partial charge is 0.0463 e. The van der Waals surface area contributed by atoms with Crippen LogP contribution in [0, 0.1) is 0 Å². The van der Waals surface area contributed by atoms with Gasteiger partial charge in [0, 0.05) is 42.5 Å². The molecule has 35 heavy (non-hydrogen) atoms. The minimum Gasteiger partial charge on any atom is -0.355 e. The predicted octanol–water partition coefficient (Wildman–Crippen LogP) is 9.77. The number of thiophene rings is 1. The Labute approximate surface area is 209 Å². The van der Waals surface area contributed by atoms with Crippen molar-refractivity contribution in [3.05, 3.63) is 120 Å². The number of anilines is 2. The lowest BCUT2D eigenvalue weighted by molar-refractivity contribution is 0.662. The van der Waals surface area contributed by atoms with E-state index in [2.05, 4.69) is 128 Å².